The second kappa shape index (κ2) is 9.27. The molecule has 2 aromatic carbocycles. The topological polar surface area (TPSA) is 98.1 Å². The number of carbonyl (C=O) groups excluding carboxylic acids is 2. The zero-order chi connectivity index (χ0) is 22.5. The molecule has 3 amide bonds. The number of hydrogen-bond donors (Lipinski definition) is 2. The van der Waals surface area contributed by atoms with E-state index in [0.717, 1.165) is 11.1 Å². The Bertz CT molecular complexity index is 1170. The number of halogens is 1. The minimum Gasteiger partial charge on any atom is -0.326 e. The molecule has 0 radical (unpaired) electrons. The SMILES string of the molecule is N#Cc1ccc(C[C@H](NC(=O)Nc2ccc(F)cc2)C(=O)N2CCc3cccnc32)cc1. The Hall–Kier alpha value is -4.25. The number of urea groups is 1. The van der Waals surface area contributed by atoms with Gasteiger partial charge in [-0.15, -0.1) is 0 Å². The van der Waals surface area contributed by atoms with Crippen molar-refractivity contribution in [3.63, 3.8) is 0 Å². The van der Waals surface area contributed by atoms with Crippen LogP contribution in [0.25, 0.3) is 0 Å². The molecule has 2 N–H and O–H groups in total. The van der Waals surface area contributed by atoms with Crippen molar-refractivity contribution in [2.45, 2.75) is 18.9 Å². The smallest absolute Gasteiger partial charge is 0.319 e. The molecule has 4 rings (SSSR count). The normalized spacial score (nSPS) is 13.1. The second-order valence-electron chi connectivity index (χ2n) is 7.40. The van der Waals surface area contributed by atoms with Crippen molar-refractivity contribution in [2.75, 3.05) is 16.8 Å². The van der Waals surface area contributed by atoms with Crippen LogP contribution in [-0.2, 0) is 17.6 Å². The van der Waals surface area contributed by atoms with Crippen molar-refractivity contribution in [3.05, 3.63) is 89.4 Å². The number of pyridine rings is 1. The molecule has 7 nitrogen and oxygen atoms in total. The predicted molar refractivity (Wildman–Crippen MR) is 117 cm³/mol. The Morgan fingerprint density at radius 3 is 2.59 bits per heavy atom. The molecule has 0 bridgehead atoms. The van der Waals surface area contributed by atoms with Gasteiger partial charge in [-0.05, 0) is 60.0 Å². The number of aromatic nitrogens is 1. The van der Waals surface area contributed by atoms with Crippen molar-refractivity contribution < 1.29 is 14.0 Å². The lowest BCUT2D eigenvalue weighted by molar-refractivity contribution is -0.120. The summed E-state index contributed by atoms with van der Waals surface area (Å²) in [6.45, 7) is 0.482. The van der Waals surface area contributed by atoms with E-state index in [4.69, 9.17) is 5.26 Å². The van der Waals surface area contributed by atoms with Crippen LogP contribution in [0, 0.1) is 17.1 Å². The summed E-state index contributed by atoms with van der Waals surface area (Å²) in [4.78, 5) is 31.9. The number of fused-ring (bicyclic) bond motifs is 1. The number of amides is 3. The average molecular weight is 429 g/mol. The average Bonchev–Trinajstić information content (AvgIpc) is 3.24. The Balaban J connectivity index is 1.54. The highest BCUT2D eigenvalue weighted by atomic mass is 19.1. The van der Waals surface area contributed by atoms with Crippen molar-refractivity contribution in [3.8, 4) is 6.07 Å². The summed E-state index contributed by atoms with van der Waals surface area (Å²) in [6.07, 6.45) is 2.56. The van der Waals surface area contributed by atoms with Crippen molar-refractivity contribution >= 4 is 23.4 Å². The highest BCUT2D eigenvalue weighted by Crippen LogP contribution is 2.26. The van der Waals surface area contributed by atoms with Gasteiger partial charge >= 0.3 is 6.03 Å². The number of rotatable bonds is 5. The van der Waals surface area contributed by atoms with Crippen LogP contribution in [0.1, 0.15) is 16.7 Å². The first-order valence-corrected chi connectivity index (χ1v) is 10.1. The van der Waals surface area contributed by atoms with Gasteiger partial charge in [-0.3, -0.25) is 9.69 Å². The van der Waals surface area contributed by atoms with Gasteiger partial charge in [-0.2, -0.15) is 5.26 Å². The molecule has 0 spiro atoms. The molecule has 0 fully saturated rings. The van der Waals surface area contributed by atoms with E-state index < -0.39 is 17.9 Å². The van der Waals surface area contributed by atoms with E-state index in [1.807, 2.05) is 12.1 Å². The van der Waals surface area contributed by atoms with Crippen LogP contribution >= 0.6 is 0 Å². The number of hydrogen-bond acceptors (Lipinski definition) is 4. The molecular formula is C24H20FN5O2. The summed E-state index contributed by atoms with van der Waals surface area (Å²) in [5, 5.41) is 14.4. The summed E-state index contributed by atoms with van der Waals surface area (Å²) in [7, 11) is 0. The first kappa shape index (κ1) is 21.0. The lowest BCUT2D eigenvalue weighted by Crippen LogP contribution is -2.50. The van der Waals surface area contributed by atoms with Crippen molar-refractivity contribution in [1.29, 1.82) is 5.26 Å². The van der Waals surface area contributed by atoms with E-state index in [9.17, 15) is 14.0 Å². The minimum absolute atomic E-state index is 0.236. The standard InChI is InChI=1S/C24H20FN5O2/c25-19-7-9-20(10-8-19)28-24(32)29-21(14-16-3-5-17(15-26)6-4-16)23(31)30-13-11-18-2-1-12-27-22(18)30/h1-10,12,21H,11,13-14H2,(H2,28,29,32)/t21-/m0/s1. The van der Waals surface area contributed by atoms with Crippen molar-refractivity contribution in [2.24, 2.45) is 0 Å². The molecule has 0 aliphatic carbocycles. The number of carbonyl (C=O) groups is 2. The van der Waals surface area contributed by atoms with Crippen LogP contribution in [0.5, 0.6) is 0 Å². The summed E-state index contributed by atoms with van der Waals surface area (Å²) in [5.74, 6) is -0.0887. The van der Waals surface area contributed by atoms with E-state index in [0.29, 0.717) is 30.0 Å². The van der Waals surface area contributed by atoms with Gasteiger partial charge in [0, 0.05) is 24.8 Å². The number of nitrogens with one attached hydrogen (secondary N) is 2. The van der Waals surface area contributed by atoms with Crippen molar-refractivity contribution in [1.82, 2.24) is 10.3 Å². The number of nitriles is 1. The summed E-state index contributed by atoms with van der Waals surface area (Å²) in [6, 6.07) is 16.6. The van der Waals surface area contributed by atoms with Gasteiger partial charge in [-0.25, -0.2) is 14.2 Å². The molecule has 160 valence electrons. The molecule has 32 heavy (non-hydrogen) atoms. The van der Waals surface area contributed by atoms with Crippen LogP contribution in [0.4, 0.5) is 20.7 Å². The van der Waals surface area contributed by atoms with Gasteiger partial charge in [0.1, 0.15) is 17.7 Å². The number of benzene rings is 2. The van der Waals surface area contributed by atoms with Gasteiger partial charge in [0.25, 0.3) is 5.91 Å². The van der Waals surface area contributed by atoms with E-state index in [1.165, 1.54) is 24.3 Å². The van der Waals surface area contributed by atoms with Gasteiger partial charge in [-0.1, -0.05) is 18.2 Å². The zero-order valence-corrected chi connectivity index (χ0v) is 17.1. The third-order valence-electron chi connectivity index (χ3n) is 5.22. The fourth-order valence-electron chi connectivity index (χ4n) is 3.62. The fourth-order valence-corrected chi connectivity index (χ4v) is 3.62. The zero-order valence-electron chi connectivity index (χ0n) is 17.1. The Morgan fingerprint density at radius 1 is 1.12 bits per heavy atom. The maximum absolute atomic E-state index is 13.4. The lowest BCUT2D eigenvalue weighted by Gasteiger charge is -2.24. The second-order valence-corrected chi connectivity index (χ2v) is 7.40. The van der Waals surface area contributed by atoms with Gasteiger partial charge in [0.15, 0.2) is 0 Å². The van der Waals surface area contributed by atoms with Crippen LogP contribution in [0.15, 0.2) is 66.9 Å². The first-order valence-electron chi connectivity index (χ1n) is 10.1. The Kier molecular flexibility index (Phi) is 6.08. The van der Waals surface area contributed by atoms with Gasteiger partial charge in [0.2, 0.25) is 0 Å². The molecule has 0 unspecified atom stereocenters. The fraction of sp³-hybridized carbons (Fsp3) is 0.167. The maximum Gasteiger partial charge on any atom is 0.319 e. The molecule has 1 aromatic heterocycles. The molecule has 8 heteroatoms. The third-order valence-corrected chi connectivity index (χ3v) is 5.22. The first-order chi connectivity index (χ1) is 15.5. The molecular weight excluding hydrogens is 409 g/mol. The molecule has 1 atom stereocenters. The largest absolute Gasteiger partial charge is 0.326 e. The molecule has 3 aromatic rings. The maximum atomic E-state index is 13.4. The van der Waals surface area contributed by atoms with Crippen LogP contribution in [-0.4, -0.2) is 29.5 Å². The van der Waals surface area contributed by atoms with Crippen LogP contribution < -0.4 is 15.5 Å². The summed E-state index contributed by atoms with van der Waals surface area (Å²) >= 11 is 0. The highest BCUT2D eigenvalue weighted by molar-refractivity contribution is 6.01. The number of anilines is 2. The Morgan fingerprint density at radius 2 is 1.88 bits per heavy atom. The monoisotopic (exact) mass is 429 g/mol. The molecule has 0 saturated carbocycles. The predicted octanol–water partition coefficient (Wildman–Crippen LogP) is 3.41. The summed E-state index contributed by atoms with van der Waals surface area (Å²) in [5.41, 5.74) is 2.69. The van der Waals surface area contributed by atoms with Crippen LogP contribution in [0.3, 0.4) is 0 Å². The Labute approximate surface area is 184 Å². The molecule has 2 heterocycles. The van der Waals surface area contributed by atoms with E-state index in [1.54, 1.807) is 35.4 Å². The van der Waals surface area contributed by atoms with Gasteiger partial charge in [0.05, 0.1) is 11.6 Å². The highest BCUT2D eigenvalue weighted by Gasteiger charge is 2.32. The van der Waals surface area contributed by atoms with E-state index in [2.05, 4.69) is 21.7 Å². The molecule has 0 saturated heterocycles. The van der Waals surface area contributed by atoms with Crippen LogP contribution in [0.2, 0.25) is 0 Å². The molecule has 1 aliphatic heterocycles. The minimum atomic E-state index is -0.864. The molecule has 1 aliphatic rings. The quantitative estimate of drug-likeness (QED) is 0.649. The third kappa shape index (κ3) is 4.73. The van der Waals surface area contributed by atoms with Gasteiger partial charge < -0.3 is 10.6 Å². The van der Waals surface area contributed by atoms with E-state index >= 15 is 0 Å². The van der Waals surface area contributed by atoms with E-state index in [-0.39, 0.29) is 12.3 Å². The lowest BCUT2D eigenvalue weighted by atomic mass is 10.0. The summed E-state index contributed by atoms with van der Waals surface area (Å²) < 4.78 is 13.1. The number of nitrogens with zero attached hydrogens (tertiary/aromatic N) is 3.